The van der Waals surface area contributed by atoms with Crippen molar-refractivity contribution in [3.05, 3.63) is 23.8 Å². The van der Waals surface area contributed by atoms with Crippen LogP contribution in [0.3, 0.4) is 0 Å². The molecule has 2 aliphatic rings. The number of rotatable bonds is 0. The van der Waals surface area contributed by atoms with Gasteiger partial charge in [0.25, 0.3) is 0 Å². The molecule has 74 valence electrons. The molecule has 3 rings (SSSR count). The Balaban J connectivity index is 2.02. The summed E-state index contributed by atoms with van der Waals surface area (Å²) < 4.78 is 5.46. The first kappa shape index (κ1) is 8.12. The van der Waals surface area contributed by atoms with E-state index in [1.807, 2.05) is 12.1 Å². The average Bonchev–Trinajstić information content (AvgIpc) is 2.56. The van der Waals surface area contributed by atoms with E-state index in [1.165, 1.54) is 5.56 Å². The molecule has 1 aromatic carbocycles. The van der Waals surface area contributed by atoms with E-state index >= 15 is 0 Å². The molecule has 2 N–H and O–H groups in total. The van der Waals surface area contributed by atoms with Crippen molar-refractivity contribution in [1.29, 1.82) is 0 Å². The molecule has 2 aliphatic heterocycles. The van der Waals surface area contributed by atoms with E-state index in [0.717, 1.165) is 25.3 Å². The third-order valence-corrected chi connectivity index (χ3v) is 3.13. The van der Waals surface area contributed by atoms with E-state index in [4.69, 9.17) is 4.74 Å². The fourth-order valence-electron chi connectivity index (χ4n) is 2.41. The summed E-state index contributed by atoms with van der Waals surface area (Å²) in [6, 6.07) is 6.02. The standard InChI is InChI=1S/C11H13NO2/c13-7-1-2-10-8(5-7)9-6-14-4-3-11(9)12-10/h1-2,5,9,11-13H,3-4,6H2. The number of aromatic hydroxyl groups is 1. The van der Waals surface area contributed by atoms with Crippen molar-refractivity contribution in [3.8, 4) is 5.75 Å². The Morgan fingerprint density at radius 3 is 3.29 bits per heavy atom. The lowest BCUT2D eigenvalue weighted by molar-refractivity contribution is 0.0768. The van der Waals surface area contributed by atoms with Gasteiger partial charge in [-0.15, -0.1) is 0 Å². The van der Waals surface area contributed by atoms with E-state index < -0.39 is 0 Å². The predicted molar refractivity (Wildman–Crippen MR) is 53.7 cm³/mol. The zero-order valence-electron chi connectivity index (χ0n) is 7.86. The van der Waals surface area contributed by atoms with Crippen molar-refractivity contribution in [2.45, 2.75) is 18.4 Å². The van der Waals surface area contributed by atoms with Crippen LogP contribution < -0.4 is 5.32 Å². The summed E-state index contributed by atoms with van der Waals surface area (Å²) in [6.07, 6.45) is 1.06. The number of nitrogens with one attached hydrogen (secondary N) is 1. The average molecular weight is 191 g/mol. The Bertz CT molecular complexity index is 364. The van der Waals surface area contributed by atoms with Crippen LogP contribution in [-0.2, 0) is 4.74 Å². The molecule has 2 unspecified atom stereocenters. The van der Waals surface area contributed by atoms with E-state index in [1.54, 1.807) is 6.07 Å². The molecule has 0 spiro atoms. The van der Waals surface area contributed by atoms with Gasteiger partial charge in [0, 0.05) is 24.3 Å². The highest BCUT2D eigenvalue weighted by Gasteiger charge is 2.34. The van der Waals surface area contributed by atoms with E-state index in [2.05, 4.69) is 5.32 Å². The molecule has 1 aromatic rings. The van der Waals surface area contributed by atoms with E-state index in [-0.39, 0.29) is 0 Å². The third kappa shape index (κ3) is 1.09. The molecule has 0 saturated carbocycles. The minimum atomic E-state index is 0.344. The van der Waals surface area contributed by atoms with Crippen LogP contribution >= 0.6 is 0 Å². The maximum atomic E-state index is 9.42. The van der Waals surface area contributed by atoms with Crippen molar-refractivity contribution >= 4 is 5.69 Å². The number of phenols is 1. The zero-order valence-corrected chi connectivity index (χ0v) is 7.86. The first-order valence-electron chi connectivity index (χ1n) is 5.02. The zero-order chi connectivity index (χ0) is 9.54. The van der Waals surface area contributed by atoms with Crippen LogP contribution in [0, 0.1) is 0 Å². The number of fused-ring (bicyclic) bond motifs is 3. The number of phenolic OH excluding ortho intramolecular Hbond substituents is 1. The topological polar surface area (TPSA) is 41.5 Å². The number of benzene rings is 1. The van der Waals surface area contributed by atoms with Gasteiger partial charge in [-0.25, -0.2) is 0 Å². The summed E-state index contributed by atoms with van der Waals surface area (Å²) in [5.41, 5.74) is 2.36. The van der Waals surface area contributed by atoms with Gasteiger partial charge in [0.2, 0.25) is 0 Å². The van der Waals surface area contributed by atoms with Gasteiger partial charge < -0.3 is 15.2 Å². The summed E-state index contributed by atoms with van der Waals surface area (Å²) in [4.78, 5) is 0. The van der Waals surface area contributed by atoms with Crippen LogP contribution in [0.5, 0.6) is 5.75 Å². The third-order valence-electron chi connectivity index (χ3n) is 3.13. The maximum Gasteiger partial charge on any atom is 0.116 e. The molecule has 0 aromatic heterocycles. The summed E-state index contributed by atoms with van der Waals surface area (Å²) in [7, 11) is 0. The quantitative estimate of drug-likeness (QED) is 0.613. The molecule has 3 nitrogen and oxygen atoms in total. The van der Waals surface area contributed by atoms with Crippen molar-refractivity contribution in [3.63, 3.8) is 0 Å². The molecule has 0 amide bonds. The minimum Gasteiger partial charge on any atom is -0.508 e. The number of anilines is 1. The maximum absolute atomic E-state index is 9.42. The summed E-state index contributed by atoms with van der Waals surface area (Å²) in [5.74, 6) is 0.766. The second-order valence-corrected chi connectivity index (χ2v) is 3.99. The van der Waals surface area contributed by atoms with Crippen LogP contribution in [0.15, 0.2) is 18.2 Å². The summed E-state index contributed by atoms with van der Waals surface area (Å²) in [6.45, 7) is 1.61. The lowest BCUT2D eigenvalue weighted by atomic mass is 9.92. The van der Waals surface area contributed by atoms with Crippen molar-refractivity contribution in [2.75, 3.05) is 18.5 Å². The second kappa shape index (κ2) is 2.89. The number of ether oxygens (including phenoxy) is 1. The van der Waals surface area contributed by atoms with Gasteiger partial charge in [-0.2, -0.15) is 0 Å². The number of hydrogen-bond acceptors (Lipinski definition) is 3. The Kier molecular flexibility index (Phi) is 1.67. The highest BCUT2D eigenvalue weighted by atomic mass is 16.5. The van der Waals surface area contributed by atoms with Gasteiger partial charge in [-0.3, -0.25) is 0 Å². The molecule has 0 aliphatic carbocycles. The molecule has 3 heteroatoms. The van der Waals surface area contributed by atoms with Crippen LogP contribution in [0.2, 0.25) is 0 Å². The Hall–Kier alpha value is -1.22. The molecule has 1 saturated heterocycles. The van der Waals surface area contributed by atoms with Crippen LogP contribution in [0.4, 0.5) is 5.69 Å². The van der Waals surface area contributed by atoms with Crippen LogP contribution in [-0.4, -0.2) is 24.4 Å². The van der Waals surface area contributed by atoms with E-state index in [9.17, 15) is 5.11 Å². The number of hydrogen-bond donors (Lipinski definition) is 2. The molecule has 2 heterocycles. The largest absolute Gasteiger partial charge is 0.508 e. The summed E-state index contributed by atoms with van der Waals surface area (Å²) in [5, 5.41) is 12.9. The smallest absolute Gasteiger partial charge is 0.116 e. The SMILES string of the molecule is Oc1ccc2c(c1)C1COCCC1N2. The Labute approximate surface area is 82.7 Å². The highest BCUT2D eigenvalue weighted by molar-refractivity contribution is 5.61. The van der Waals surface area contributed by atoms with E-state index in [0.29, 0.717) is 17.7 Å². The van der Waals surface area contributed by atoms with Gasteiger partial charge in [-0.1, -0.05) is 0 Å². The van der Waals surface area contributed by atoms with Gasteiger partial charge in [0.1, 0.15) is 5.75 Å². The molecule has 1 fully saturated rings. The normalized spacial score (nSPS) is 29.1. The van der Waals surface area contributed by atoms with Gasteiger partial charge >= 0.3 is 0 Å². The second-order valence-electron chi connectivity index (χ2n) is 3.99. The lowest BCUT2D eigenvalue weighted by Gasteiger charge is -2.25. The monoisotopic (exact) mass is 191 g/mol. The summed E-state index contributed by atoms with van der Waals surface area (Å²) >= 11 is 0. The van der Waals surface area contributed by atoms with Crippen LogP contribution in [0.1, 0.15) is 17.9 Å². The predicted octanol–water partition coefficient (Wildman–Crippen LogP) is 1.69. The van der Waals surface area contributed by atoms with Gasteiger partial charge in [0.05, 0.1) is 6.61 Å². The van der Waals surface area contributed by atoms with Crippen molar-refractivity contribution in [1.82, 2.24) is 0 Å². The first-order valence-corrected chi connectivity index (χ1v) is 5.02. The van der Waals surface area contributed by atoms with Gasteiger partial charge in [0.15, 0.2) is 0 Å². The molecule has 0 radical (unpaired) electrons. The Morgan fingerprint density at radius 1 is 1.43 bits per heavy atom. The fourth-order valence-corrected chi connectivity index (χ4v) is 2.41. The van der Waals surface area contributed by atoms with Crippen molar-refractivity contribution < 1.29 is 9.84 Å². The lowest BCUT2D eigenvalue weighted by Crippen LogP contribution is -2.30. The van der Waals surface area contributed by atoms with Gasteiger partial charge in [-0.05, 0) is 30.2 Å². The first-order chi connectivity index (χ1) is 6.84. The van der Waals surface area contributed by atoms with Crippen LogP contribution in [0.25, 0.3) is 0 Å². The molecular formula is C11H13NO2. The van der Waals surface area contributed by atoms with Crippen molar-refractivity contribution in [2.24, 2.45) is 0 Å². The molecule has 14 heavy (non-hydrogen) atoms. The fraction of sp³-hybridized carbons (Fsp3) is 0.455. The molecular weight excluding hydrogens is 178 g/mol. The minimum absolute atomic E-state index is 0.344. The highest BCUT2D eigenvalue weighted by Crippen LogP contribution is 2.40. The Morgan fingerprint density at radius 2 is 2.36 bits per heavy atom. The molecule has 2 atom stereocenters. The molecule has 0 bridgehead atoms.